The van der Waals surface area contributed by atoms with Gasteiger partial charge in [0.05, 0.1) is 6.10 Å². The molecule has 0 aromatic carbocycles. The molecule has 1 aliphatic heterocycles. The molecule has 1 rings (SSSR count). The van der Waals surface area contributed by atoms with Crippen LogP contribution in [0.25, 0.3) is 0 Å². The maximum atomic E-state index is 10.2. The summed E-state index contributed by atoms with van der Waals surface area (Å²) >= 11 is 0. The minimum absolute atomic E-state index is 0.0299. The highest BCUT2D eigenvalue weighted by Crippen LogP contribution is 2.30. The van der Waals surface area contributed by atoms with Crippen molar-refractivity contribution in [3.63, 3.8) is 0 Å². The maximum Gasteiger partial charge on any atom is 0.164 e. The standard InChI is InChI=1S/C10H16O3/c1-4-8-9(6-5-7-11)13-10(2,3)12-8/h4,7-9H,1,5-6H2,2-3H3/t8-,9-/m0/s1. The second kappa shape index (κ2) is 4.03. The third-order valence-corrected chi connectivity index (χ3v) is 2.02. The van der Waals surface area contributed by atoms with Gasteiger partial charge in [0.25, 0.3) is 0 Å². The van der Waals surface area contributed by atoms with Gasteiger partial charge in [0.2, 0.25) is 0 Å². The van der Waals surface area contributed by atoms with Crippen LogP contribution in [0.1, 0.15) is 26.7 Å². The minimum Gasteiger partial charge on any atom is -0.344 e. The van der Waals surface area contributed by atoms with E-state index in [1.54, 1.807) is 6.08 Å². The second-order valence-corrected chi connectivity index (χ2v) is 3.62. The zero-order valence-corrected chi connectivity index (χ0v) is 8.16. The summed E-state index contributed by atoms with van der Waals surface area (Å²) in [5, 5.41) is 0. The van der Waals surface area contributed by atoms with Crippen molar-refractivity contribution in [3.05, 3.63) is 12.7 Å². The number of hydrogen-bond acceptors (Lipinski definition) is 3. The van der Waals surface area contributed by atoms with Crippen molar-refractivity contribution in [3.8, 4) is 0 Å². The molecule has 0 aliphatic carbocycles. The van der Waals surface area contributed by atoms with Gasteiger partial charge in [-0.3, -0.25) is 0 Å². The summed E-state index contributed by atoms with van der Waals surface area (Å²) < 4.78 is 11.2. The highest BCUT2D eigenvalue weighted by molar-refractivity contribution is 5.49. The third-order valence-electron chi connectivity index (χ3n) is 2.02. The molecule has 0 aromatic heterocycles. The van der Waals surface area contributed by atoms with Gasteiger partial charge in [-0.2, -0.15) is 0 Å². The van der Waals surface area contributed by atoms with Crippen LogP contribution in [0.5, 0.6) is 0 Å². The van der Waals surface area contributed by atoms with E-state index in [1.165, 1.54) is 0 Å². The predicted octanol–water partition coefficient (Wildman–Crippen LogP) is 1.67. The van der Waals surface area contributed by atoms with E-state index in [0.717, 1.165) is 6.29 Å². The molecule has 13 heavy (non-hydrogen) atoms. The summed E-state index contributed by atoms with van der Waals surface area (Å²) in [5.74, 6) is -0.549. The van der Waals surface area contributed by atoms with Gasteiger partial charge in [-0.1, -0.05) is 6.08 Å². The van der Waals surface area contributed by atoms with Gasteiger partial charge in [0.1, 0.15) is 12.4 Å². The monoisotopic (exact) mass is 184 g/mol. The molecule has 0 amide bonds. The lowest BCUT2D eigenvalue weighted by atomic mass is 10.1. The highest BCUT2D eigenvalue weighted by atomic mass is 16.7. The largest absolute Gasteiger partial charge is 0.344 e. The van der Waals surface area contributed by atoms with E-state index < -0.39 is 5.79 Å². The Morgan fingerprint density at radius 2 is 2.15 bits per heavy atom. The van der Waals surface area contributed by atoms with Crippen molar-refractivity contribution in [1.82, 2.24) is 0 Å². The first-order chi connectivity index (χ1) is 6.09. The number of carbonyl (C=O) groups excluding carboxylic acids is 1. The van der Waals surface area contributed by atoms with Crippen molar-refractivity contribution in [2.45, 2.75) is 44.7 Å². The van der Waals surface area contributed by atoms with Crippen LogP contribution in [0.4, 0.5) is 0 Å². The van der Waals surface area contributed by atoms with Crippen LogP contribution >= 0.6 is 0 Å². The van der Waals surface area contributed by atoms with Gasteiger partial charge < -0.3 is 14.3 Å². The van der Waals surface area contributed by atoms with E-state index >= 15 is 0 Å². The number of hydrogen-bond donors (Lipinski definition) is 0. The summed E-state index contributed by atoms with van der Waals surface area (Å²) in [6, 6.07) is 0. The van der Waals surface area contributed by atoms with E-state index in [-0.39, 0.29) is 12.2 Å². The molecule has 0 saturated carbocycles. The van der Waals surface area contributed by atoms with E-state index in [9.17, 15) is 4.79 Å². The lowest BCUT2D eigenvalue weighted by Crippen LogP contribution is -2.21. The lowest BCUT2D eigenvalue weighted by molar-refractivity contribution is -0.143. The van der Waals surface area contributed by atoms with E-state index in [2.05, 4.69) is 6.58 Å². The van der Waals surface area contributed by atoms with E-state index in [4.69, 9.17) is 9.47 Å². The lowest BCUT2D eigenvalue weighted by Gasteiger charge is -2.16. The Hall–Kier alpha value is -0.670. The Kier molecular flexibility index (Phi) is 3.22. The molecule has 0 unspecified atom stereocenters. The topological polar surface area (TPSA) is 35.5 Å². The number of rotatable bonds is 4. The molecule has 0 bridgehead atoms. The summed E-state index contributed by atoms with van der Waals surface area (Å²) in [7, 11) is 0. The van der Waals surface area contributed by atoms with Crippen LogP contribution in [0, 0.1) is 0 Å². The van der Waals surface area contributed by atoms with Crippen molar-refractivity contribution >= 4 is 6.29 Å². The van der Waals surface area contributed by atoms with Gasteiger partial charge >= 0.3 is 0 Å². The SMILES string of the molecule is C=C[C@@H]1OC(C)(C)O[C@H]1CCC=O. The first kappa shape index (κ1) is 10.4. The van der Waals surface area contributed by atoms with E-state index in [0.29, 0.717) is 12.8 Å². The van der Waals surface area contributed by atoms with Gasteiger partial charge in [-0.05, 0) is 20.3 Å². The van der Waals surface area contributed by atoms with Gasteiger partial charge in [0, 0.05) is 6.42 Å². The van der Waals surface area contributed by atoms with Crippen LogP contribution in [0.15, 0.2) is 12.7 Å². The highest BCUT2D eigenvalue weighted by Gasteiger charge is 2.38. The predicted molar refractivity (Wildman–Crippen MR) is 49.3 cm³/mol. The first-order valence-electron chi connectivity index (χ1n) is 4.51. The average molecular weight is 184 g/mol. The van der Waals surface area contributed by atoms with Gasteiger partial charge in [-0.15, -0.1) is 6.58 Å². The molecular formula is C10H16O3. The Bertz CT molecular complexity index is 198. The third kappa shape index (κ3) is 2.64. The fraction of sp³-hybridized carbons (Fsp3) is 0.700. The molecule has 1 aliphatic rings. The summed E-state index contributed by atoms with van der Waals surface area (Å²) in [6.07, 6.45) is 3.71. The van der Waals surface area contributed by atoms with Crippen molar-refractivity contribution in [2.24, 2.45) is 0 Å². The zero-order valence-electron chi connectivity index (χ0n) is 8.16. The minimum atomic E-state index is -0.549. The Balaban J connectivity index is 2.52. The molecule has 3 heteroatoms. The van der Waals surface area contributed by atoms with E-state index in [1.807, 2.05) is 13.8 Å². The molecule has 74 valence electrons. The van der Waals surface area contributed by atoms with Crippen LogP contribution in [-0.2, 0) is 14.3 Å². The fourth-order valence-electron chi connectivity index (χ4n) is 1.52. The quantitative estimate of drug-likeness (QED) is 0.492. The maximum absolute atomic E-state index is 10.2. The normalized spacial score (nSPS) is 31.5. The summed E-state index contributed by atoms with van der Waals surface area (Å²) in [6.45, 7) is 7.40. The molecule has 1 saturated heterocycles. The van der Waals surface area contributed by atoms with Crippen LogP contribution in [-0.4, -0.2) is 24.3 Å². The number of carbonyl (C=O) groups is 1. The second-order valence-electron chi connectivity index (χ2n) is 3.62. The van der Waals surface area contributed by atoms with Crippen LogP contribution in [0.2, 0.25) is 0 Å². The number of aldehydes is 1. The van der Waals surface area contributed by atoms with Crippen LogP contribution in [0.3, 0.4) is 0 Å². The van der Waals surface area contributed by atoms with Crippen molar-refractivity contribution in [2.75, 3.05) is 0 Å². The molecule has 2 atom stereocenters. The molecule has 3 nitrogen and oxygen atoms in total. The zero-order chi connectivity index (χ0) is 9.90. The molecule has 0 radical (unpaired) electrons. The smallest absolute Gasteiger partial charge is 0.164 e. The molecule has 1 fully saturated rings. The van der Waals surface area contributed by atoms with Crippen molar-refractivity contribution < 1.29 is 14.3 Å². The number of ether oxygens (including phenoxy) is 2. The molecule has 0 spiro atoms. The molecule has 0 aromatic rings. The van der Waals surface area contributed by atoms with Crippen molar-refractivity contribution in [1.29, 1.82) is 0 Å². The van der Waals surface area contributed by atoms with Gasteiger partial charge in [-0.25, -0.2) is 0 Å². The van der Waals surface area contributed by atoms with Gasteiger partial charge in [0.15, 0.2) is 5.79 Å². The van der Waals surface area contributed by atoms with Crippen LogP contribution < -0.4 is 0 Å². The molecular weight excluding hydrogens is 168 g/mol. The molecule has 0 N–H and O–H groups in total. The summed E-state index contributed by atoms with van der Waals surface area (Å²) in [5.41, 5.74) is 0. The Labute approximate surface area is 78.7 Å². The molecule has 1 heterocycles. The Morgan fingerprint density at radius 1 is 1.46 bits per heavy atom. The average Bonchev–Trinajstić information content (AvgIpc) is 2.37. The summed E-state index contributed by atoms with van der Waals surface area (Å²) in [4.78, 5) is 10.2. The first-order valence-corrected chi connectivity index (χ1v) is 4.51. The fourth-order valence-corrected chi connectivity index (χ4v) is 1.52. The Morgan fingerprint density at radius 3 is 2.69 bits per heavy atom.